The summed E-state index contributed by atoms with van der Waals surface area (Å²) >= 11 is 0. The fourth-order valence-electron chi connectivity index (χ4n) is 2.12. The first kappa shape index (κ1) is 11.0. The molecular weight excluding hydrogens is 228 g/mol. The SMILES string of the molecule is Cn1ccnc1C(O)Cn1cnc2ccccc21. The molecule has 0 aliphatic carbocycles. The van der Waals surface area contributed by atoms with E-state index in [2.05, 4.69) is 9.97 Å². The number of nitrogens with zero attached hydrogens (tertiary/aromatic N) is 4. The van der Waals surface area contributed by atoms with Gasteiger partial charge in [0.1, 0.15) is 11.9 Å². The fourth-order valence-corrected chi connectivity index (χ4v) is 2.12. The summed E-state index contributed by atoms with van der Waals surface area (Å²) in [6.45, 7) is 0.450. The lowest BCUT2D eigenvalue weighted by atomic mass is 10.3. The Morgan fingerprint density at radius 1 is 1.28 bits per heavy atom. The average Bonchev–Trinajstić information content (AvgIpc) is 2.97. The minimum Gasteiger partial charge on any atom is -0.383 e. The van der Waals surface area contributed by atoms with E-state index >= 15 is 0 Å². The molecule has 92 valence electrons. The number of para-hydroxylation sites is 2. The Kier molecular flexibility index (Phi) is 2.60. The average molecular weight is 242 g/mol. The smallest absolute Gasteiger partial charge is 0.139 e. The van der Waals surface area contributed by atoms with Crippen molar-refractivity contribution in [1.29, 1.82) is 0 Å². The molecule has 0 bridgehead atoms. The number of aliphatic hydroxyl groups excluding tert-OH is 1. The van der Waals surface area contributed by atoms with Gasteiger partial charge in [-0.15, -0.1) is 0 Å². The maximum Gasteiger partial charge on any atom is 0.139 e. The molecule has 0 aliphatic rings. The molecule has 3 rings (SSSR count). The molecule has 0 saturated heterocycles. The quantitative estimate of drug-likeness (QED) is 0.757. The predicted molar refractivity (Wildman–Crippen MR) is 67.9 cm³/mol. The zero-order chi connectivity index (χ0) is 12.5. The number of fused-ring (bicyclic) bond motifs is 1. The van der Waals surface area contributed by atoms with Gasteiger partial charge in [0.15, 0.2) is 0 Å². The van der Waals surface area contributed by atoms with E-state index in [1.54, 1.807) is 12.5 Å². The van der Waals surface area contributed by atoms with Crippen molar-refractivity contribution in [2.24, 2.45) is 7.05 Å². The van der Waals surface area contributed by atoms with Gasteiger partial charge in [0.2, 0.25) is 0 Å². The van der Waals surface area contributed by atoms with Crippen molar-refractivity contribution in [3.8, 4) is 0 Å². The largest absolute Gasteiger partial charge is 0.383 e. The van der Waals surface area contributed by atoms with Crippen LogP contribution in [-0.2, 0) is 13.6 Å². The summed E-state index contributed by atoms with van der Waals surface area (Å²) in [5.74, 6) is 0.660. The molecule has 0 amide bonds. The highest BCUT2D eigenvalue weighted by Gasteiger charge is 2.14. The molecule has 5 nitrogen and oxygen atoms in total. The van der Waals surface area contributed by atoms with Crippen molar-refractivity contribution in [2.45, 2.75) is 12.6 Å². The van der Waals surface area contributed by atoms with Gasteiger partial charge >= 0.3 is 0 Å². The Morgan fingerprint density at radius 2 is 2.11 bits per heavy atom. The summed E-state index contributed by atoms with van der Waals surface area (Å²) in [5, 5.41) is 10.2. The highest BCUT2D eigenvalue weighted by Crippen LogP contribution is 2.17. The van der Waals surface area contributed by atoms with Crippen LogP contribution < -0.4 is 0 Å². The number of hydrogen-bond acceptors (Lipinski definition) is 3. The molecule has 1 aromatic carbocycles. The van der Waals surface area contributed by atoms with E-state index in [4.69, 9.17) is 0 Å². The van der Waals surface area contributed by atoms with Gasteiger partial charge in [-0.2, -0.15) is 0 Å². The lowest BCUT2D eigenvalue weighted by Crippen LogP contribution is -2.12. The summed E-state index contributed by atoms with van der Waals surface area (Å²) < 4.78 is 3.76. The van der Waals surface area contributed by atoms with Gasteiger partial charge in [-0.1, -0.05) is 12.1 Å². The third kappa shape index (κ3) is 1.78. The number of aromatic nitrogens is 4. The summed E-state index contributed by atoms with van der Waals surface area (Å²) in [6.07, 6.45) is 4.62. The van der Waals surface area contributed by atoms with Gasteiger partial charge in [-0.05, 0) is 12.1 Å². The van der Waals surface area contributed by atoms with Gasteiger partial charge in [0.25, 0.3) is 0 Å². The van der Waals surface area contributed by atoms with E-state index in [1.165, 1.54) is 0 Å². The molecule has 0 aliphatic heterocycles. The minimum atomic E-state index is -0.636. The third-order valence-corrected chi connectivity index (χ3v) is 3.05. The molecule has 0 saturated carbocycles. The molecule has 1 N–H and O–H groups in total. The highest BCUT2D eigenvalue weighted by molar-refractivity contribution is 5.74. The Hall–Kier alpha value is -2.14. The van der Waals surface area contributed by atoms with E-state index < -0.39 is 6.10 Å². The summed E-state index contributed by atoms with van der Waals surface area (Å²) in [5.41, 5.74) is 1.95. The normalized spacial score (nSPS) is 13.0. The summed E-state index contributed by atoms with van der Waals surface area (Å²) in [7, 11) is 1.87. The zero-order valence-electron chi connectivity index (χ0n) is 10.1. The van der Waals surface area contributed by atoms with Crippen molar-refractivity contribution in [3.05, 3.63) is 48.8 Å². The van der Waals surface area contributed by atoms with Crippen LogP contribution in [0, 0.1) is 0 Å². The van der Waals surface area contributed by atoms with E-state index in [1.807, 2.05) is 46.6 Å². The first-order chi connectivity index (χ1) is 8.75. The number of aliphatic hydroxyl groups is 1. The second kappa shape index (κ2) is 4.27. The predicted octanol–water partition coefficient (Wildman–Crippen LogP) is 1.50. The number of benzene rings is 1. The first-order valence-corrected chi connectivity index (χ1v) is 5.81. The third-order valence-electron chi connectivity index (χ3n) is 3.05. The lowest BCUT2D eigenvalue weighted by Gasteiger charge is -2.11. The van der Waals surface area contributed by atoms with Crippen molar-refractivity contribution in [3.63, 3.8) is 0 Å². The molecule has 5 heteroatoms. The van der Waals surface area contributed by atoms with Crippen LogP contribution in [0.25, 0.3) is 11.0 Å². The van der Waals surface area contributed by atoms with E-state index in [0.29, 0.717) is 12.4 Å². The monoisotopic (exact) mass is 242 g/mol. The standard InChI is InChI=1S/C13H14N4O/c1-16-7-6-14-13(16)12(18)8-17-9-15-10-4-2-3-5-11(10)17/h2-7,9,12,18H,8H2,1H3. The lowest BCUT2D eigenvalue weighted by molar-refractivity contribution is 0.145. The van der Waals surface area contributed by atoms with Gasteiger partial charge in [-0.3, -0.25) is 0 Å². The number of aryl methyl sites for hydroxylation is 1. The van der Waals surface area contributed by atoms with Crippen LogP contribution in [0.15, 0.2) is 43.0 Å². The molecule has 1 unspecified atom stereocenters. The first-order valence-electron chi connectivity index (χ1n) is 5.81. The Morgan fingerprint density at radius 3 is 2.89 bits per heavy atom. The maximum absolute atomic E-state index is 10.2. The second-order valence-corrected chi connectivity index (χ2v) is 4.30. The van der Waals surface area contributed by atoms with Gasteiger partial charge < -0.3 is 14.2 Å². The maximum atomic E-state index is 10.2. The van der Waals surface area contributed by atoms with Crippen LogP contribution in [0.3, 0.4) is 0 Å². The molecule has 18 heavy (non-hydrogen) atoms. The Bertz CT molecular complexity index is 670. The molecule has 2 heterocycles. The minimum absolute atomic E-state index is 0.450. The van der Waals surface area contributed by atoms with Gasteiger partial charge in [0.05, 0.1) is 23.9 Å². The fraction of sp³-hybridized carbons (Fsp3) is 0.231. The molecule has 0 spiro atoms. The van der Waals surface area contributed by atoms with Crippen LogP contribution in [0.4, 0.5) is 0 Å². The van der Waals surface area contributed by atoms with Crippen molar-refractivity contribution >= 4 is 11.0 Å². The molecule has 3 aromatic rings. The van der Waals surface area contributed by atoms with Crippen molar-refractivity contribution in [1.82, 2.24) is 19.1 Å². The topological polar surface area (TPSA) is 55.9 Å². The molecule has 0 radical (unpaired) electrons. The van der Waals surface area contributed by atoms with E-state index in [9.17, 15) is 5.11 Å². The highest BCUT2D eigenvalue weighted by atomic mass is 16.3. The van der Waals surface area contributed by atoms with E-state index in [-0.39, 0.29) is 0 Å². The molecule has 2 aromatic heterocycles. The van der Waals surface area contributed by atoms with Crippen LogP contribution in [-0.4, -0.2) is 24.2 Å². The summed E-state index contributed by atoms with van der Waals surface area (Å²) in [4.78, 5) is 8.46. The van der Waals surface area contributed by atoms with Crippen LogP contribution in [0.1, 0.15) is 11.9 Å². The second-order valence-electron chi connectivity index (χ2n) is 4.30. The zero-order valence-corrected chi connectivity index (χ0v) is 10.1. The number of rotatable bonds is 3. The number of hydrogen-bond donors (Lipinski definition) is 1. The molecule has 1 atom stereocenters. The van der Waals surface area contributed by atoms with Crippen LogP contribution in [0.5, 0.6) is 0 Å². The van der Waals surface area contributed by atoms with Crippen molar-refractivity contribution < 1.29 is 5.11 Å². The van der Waals surface area contributed by atoms with Gasteiger partial charge in [0, 0.05) is 19.4 Å². The molecule has 0 fully saturated rings. The molecular formula is C13H14N4O. The summed E-state index contributed by atoms with van der Waals surface area (Å²) in [6, 6.07) is 7.87. The number of imidazole rings is 2. The van der Waals surface area contributed by atoms with Crippen molar-refractivity contribution in [2.75, 3.05) is 0 Å². The Labute approximate surface area is 104 Å². The van der Waals surface area contributed by atoms with Gasteiger partial charge in [-0.25, -0.2) is 9.97 Å². The van der Waals surface area contributed by atoms with Crippen LogP contribution >= 0.6 is 0 Å². The van der Waals surface area contributed by atoms with E-state index in [0.717, 1.165) is 11.0 Å². The van der Waals surface area contributed by atoms with Crippen LogP contribution in [0.2, 0.25) is 0 Å². The Balaban J connectivity index is 1.91.